The number of hydrogen-bond acceptors (Lipinski definition) is 3. The third-order valence-corrected chi connectivity index (χ3v) is 2.81. The number of ketones is 1. The molecule has 0 saturated heterocycles. The van der Waals surface area contributed by atoms with E-state index in [2.05, 4.69) is 0 Å². The van der Waals surface area contributed by atoms with Crippen LogP contribution in [0.15, 0.2) is 35.6 Å². The van der Waals surface area contributed by atoms with E-state index in [0.717, 1.165) is 6.08 Å². The predicted molar refractivity (Wildman–Crippen MR) is 61.0 cm³/mol. The lowest BCUT2D eigenvalue weighted by Gasteiger charge is -2.37. The molecule has 0 amide bonds. The van der Waals surface area contributed by atoms with Gasteiger partial charge in [-0.3, -0.25) is 4.79 Å². The number of ether oxygens (including phenoxy) is 1. The molecule has 0 radical (unpaired) electrons. The zero-order chi connectivity index (χ0) is 13.6. The van der Waals surface area contributed by atoms with E-state index in [9.17, 15) is 18.7 Å². The normalized spacial score (nSPS) is 29.8. The molecule has 2 aliphatic carbocycles. The first-order valence-electron chi connectivity index (χ1n) is 5.69. The molecule has 0 spiro atoms. The highest BCUT2D eigenvalue weighted by atomic mass is 19.3. The number of halogens is 2. The van der Waals surface area contributed by atoms with Crippen molar-refractivity contribution in [3.8, 4) is 0 Å². The van der Waals surface area contributed by atoms with Crippen LogP contribution < -0.4 is 0 Å². The largest absolute Gasteiger partial charge is 0.491 e. The summed E-state index contributed by atoms with van der Waals surface area (Å²) < 4.78 is 31.8. The van der Waals surface area contributed by atoms with Crippen LogP contribution in [0, 0.1) is 0 Å². The molecule has 2 aliphatic rings. The Bertz CT molecular complexity index is 475. The van der Waals surface area contributed by atoms with Crippen molar-refractivity contribution < 1.29 is 23.4 Å². The summed E-state index contributed by atoms with van der Waals surface area (Å²) in [7, 11) is 0. The van der Waals surface area contributed by atoms with Crippen molar-refractivity contribution in [1.82, 2.24) is 0 Å². The van der Waals surface area contributed by atoms with Gasteiger partial charge in [0.1, 0.15) is 5.76 Å². The fourth-order valence-corrected chi connectivity index (χ4v) is 1.93. The van der Waals surface area contributed by atoms with E-state index >= 15 is 0 Å². The van der Waals surface area contributed by atoms with Gasteiger partial charge in [-0.25, -0.2) is 8.78 Å². The van der Waals surface area contributed by atoms with Gasteiger partial charge in [0.2, 0.25) is 11.4 Å². The molecule has 18 heavy (non-hydrogen) atoms. The number of rotatable bonds is 3. The Hall–Kier alpha value is -1.49. The summed E-state index contributed by atoms with van der Waals surface area (Å²) in [6, 6.07) is 0. The topological polar surface area (TPSA) is 46.5 Å². The standard InChI is InChI=1S/C13H14F2O3/c1-8(2)18-11-6-10(16)13(11,17)9-4-3-5-12(14,15)7-9/h3-4,6-8,17H,5H2,1-2H3. The van der Waals surface area contributed by atoms with E-state index in [1.165, 1.54) is 12.2 Å². The zero-order valence-corrected chi connectivity index (χ0v) is 10.1. The van der Waals surface area contributed by atoms with Gasteiger partial charge < -0.3 is 9.84 Å². The zero-order valence-electron chi connectivity index (χ0n) is 10.1. The number of aliphatic hydroxyl groups is 1. The minimum atomic E-state index is -3.04. The summed E-state index contributed by atoms with van der Waals surface area (Å²) >= 11 is 0. The molecular weight excluding hydrogens is 242 g/mol. The van der Waals surface area contributed by atoms with E-state index in [-0.39, 0.29) is 17.4 Å². The number of alkyl halides is 2. The lowest BCUT2D eigenvalue weighted by atomic mass is 9.76. The van der Waals surface area contributed by atoms with Crippen molar-refractivity contribution in [3.63, 3.8) is 0 Å². The highest BCUT2D eigenvalue weighted by Gasteiger charge is 2.52. The quantitative estimate of drug-likeness (QED) is 0.841. The van der Waals surface area contributed by atoms with Gasteiger partial charge in [-0.1, -0.05) is 12.2 Å². The number of carbonyl (C=O) groups is 1. The third kappa shape index (κ3) is 1.99. The molecule has 98 valence electrons. The summed E-state index contributed by atoms with van der Waals surface area (Å²) in [5.74, 6) is -3.65. The molecule has 0 aromatic carbocycles. The van der Waals surface area contributed by atoms with E-state index < -0.39 is 23.7 Å². The smallest absolute Gasteiger partial charge is 0.270 e. The molecule has 0 saturated carbocycles. The Kier molecular flexibility index (Phi) is 2.89. The summed E-state index contributed by atoms with van der Waals surface area (Å²) in [6.45, 7) is 3.45. The van der Waals surface area contributed by atoms with Gasteiger partial charge in [0.25, 0.3) is 5.92 Å². The molecule has 0 heterocycles. The fourth-order valence-electron chi connectivity index (χ4n) is 1.93. The van der Waals surface area contributed by atoms with Crippen molar-refractivity contribution in [2.75, 3.05) is 0 Å². The summed E-state index contributed by atoms with van der Waals surface area (Å²) in [5, 5.41) is 10.2. The fraction of sp³-hybridized carbons (Fsp3) is 0.462. The van der Waals surface area contributed by atoms with Crippen LogP contribution in [-0.2, 0) is 9.53 Å². The minimum Gasteiger partial charge on any atom is -0.491 e. The second kappa shape index (κ2) is 4.02. The first-order valence-corrected chi connectivity index (χ1v) is 5.69. The molecule has 1 unspecified atom stereocenters. The van der Waals surface area contributed by atoms with Gasteiger partial charge in [-0.05, 0) is 19.9 Å². The van der Waals surface area contributed by atoms with Crippen LogP contribution in [0.25, 0.3) is 0 Å². The maximum Gasteiger partial charge on any atom is 0.270 e. The SMILES string of the molecule is CC(C)OC1=CC(=O)C1(O)C1=CC(F)(F)CC=C1. The first-order chi connectivity index (χ1) is 8.25. The van der Waals surface area contributed by atoms with Crippen LogP contribution in [0.1, 0.15) is 20.3 Å². The molecule has 5 heteroatoms. The van der Waals surface area contributed by atoms with Crippen molar-refractivity contribution in [1.29, 1.82) is 0 Å². The highest BCUT2D eigenvalue weighted by Crippen LogP contribution is 2.41. The average molecular weight is 256 g/mol. The Morgan fingerprint density at radius 3 is 2.61 bits per heavy atom. The van der Waals surface area contributed by atoms with Gasteiger partial charge in [-0.2, -0.15) is 0 Å². The molecule has 1 N–H and O–H groups in total. The molecular formula is C13H14F2O3. The second-order valence-electron chi connectivity index (χ2n) is 4.72. The van der Waals surface area contributed by atoms with Gasteiger partial charge in [0.15, 0.2) is 0 Å². The van der Waals surface area contributed by atoms with Gasteiger partial charge in [0.05, 0.1) is 6.10 Å². The number of allylic oxidation sites excluding steroid dienone is 2. The maximum absolute atomic E-state index is 13.3. The summed E-state index contributed by atoms with van der Waals surface area (Å²) in [4.78, 5) is 11.5. The molecule has 0 fully saturated rings. The van der Waals surface area contributed by atoms with Crippen LogP contribution >= 0.6 is 0 Å². The second-order valence-corrected chi connectivity index (χ2v) is 4.72. The van der Waals surface area contributed by atoms with Crippen LogP contribution in [0.5, 0.6) is 0 Å². The van der Waals surface area contributed by atoms with E-state index in [1.807, 2.05) is 0 Å². The molecule has 2 rings (SSSR count). The molecule has 1 atom stereocenters. The van der Waals surface area contributed by atoms with Crippen molar-refractivity contribution in [3.05, 3.63) is 35.6 Å². The van der Waals surface area contributed by atoms with E-state index in [0.29, 0.717) is 6.08 Å². The van der Waals surface area contributed by atoms with E-state index in [1.54, 1.807) is 13.8 Å². The lowest BCUT2D eigenvalue weighted by molar-refractivity contribution is -0.134. The lowest BCUT2D eigenvalue weighted by Crippen LogP contribution is -2.50. The molecule has 3 nitrogen and oxygen atoms in total. The number of carbonyl (C=O) groups excluding carboxylic acids is 1. The summed E-state index contributed by atoms with van der Waals surface area (Å²) in [5.41, 5.74) is -2.17. The van der Waals surface area contributed by atoms with Crippen LogP contribution in [0.3, 0.4) is 0 Å². The minimum absolute atomic E-state index is 0.0242. The van der Waals surface area contributed by atoms with Crippen LogP contribution in [0.4, 0.5) is 8.78 Å². The van der Waals surface area contributed by atoms with Crippen LogP contribution in [-0.4, -0.2) is 28.5 Å². The molecule has 0 aromatic heterocycles. The molecule has 0 aromatic rings. The van der Waals surface area contributed by atoms with Crippen molar-refractivity contribution in [2.45, 2.75) is 37.9 Å². The van der Waals surface area contributed by atoms with E-state index in [4.69, 9.17) is 4.74 Å². The highest BCUT2D eigenvalue weighted by molar-refractivity contribution is 6.09. The Labute approximate surface area is 103 Å². The van der Waals surface area contributed by atoms with Gasteiger partial charge in [0, 0.05) is 18.1 Å². The summed E-state index contributed by atoms with van der Waals surface area (Å²) in [6.07, 6.45) is 3.66. The van der Waals surface area contributed by atoms with Gasteiger partial charge in [-0.15, -0.1) is 0 Å². The van der Waals surface area contributed by atoms with Crippen LogP contribution in [0.2, 0.25) is 0 Å². The van der Waals surface area contributed by atoms with Gasteiger partial charge >= 0.3 is 0 Å². The maximum atomic E-state index is 13.3. The average Bonchev–Trinajstić information content (AvgIpc) is 2.25. The molecule has 0 bridgehead atoms. The Morgan fingerprint density at radius 1 is 1.44 bits per heavy atom. The monoisotopic (exact) mass is 256 g/mol. The van der Waals surface area contributed by atoms with Crippen molar-refractivity contribution in [2.24, 2.45) is 0 Å². The van der Waals surface area contributed by atoms with Crippen molar-refractivity contribution >= 4 is 5.78 Å². The predicted octanol–water partition coefficient (Wildman–Crippen LogP) is 2.13. The Morgan fingerprint density at radius 2 is 2.11 bits per heavy atom. The third-order valence-electron chi connectivity index (χ3n) is 2.81. The molecule has 0 aliphatic heterocycles. The first kappa shape index (κ1) is 13.0. The Balaban J connectivity index is 2.33. The number of hydrogen-bond donors (Lipinski definition) is 1.